The van der Waals surface area contributed by atoms with E-state index < -0.39 is 4.92 Å². The molecule has 1 aromatic rings. The maximum absolute atomic E-state index is 11.0. The molecule has 0 spiro atoms. The number of nitrogen functional groups attached to an aromatic ring is 1. The molecular weight excluding hydrogens is 254 g/mol. The molecule has 0 aromatic heterocycles. The summed E-state index contributed by atoms with van der Waals surface area (Å²) >= 11 is 0. The van der Waals surface area contributed by atoms with E-state index in [1.807, 2.05) is 6.92 Å². The van der Waals surface area contributed by atoms with Crippen LogP contribution in [0, 0.1) is 17.0 Å². The van der Waals surface area contributed by atoms with E-state index in [4.69, 9.17) is 5.73 Å². The summed E-state index contributed by atoms with van der Waals surface area (Å²) in [5, 5.41) is 11.0. The number of aryl methyl sites for hydroxylation is 1. The zero-order valence-electron chi connectivity index (χ0n) is 12.3. The normalized spacial score (nSPS) is 16.6. The van der Waals surface area contributed by atoms with E-state index in [0.29, 0.717) is 18.3 Å². The van der Waals surface area contributed by atoms with E-state index in [1.54, 1.807) is 6.07 Å². The highest BCUT2D eigenvalue weighted by atomic mass is 16.6. The lowest BCUT2D eigenvalue weighted by Crippen LogP contribution is -2.33. The number of nitro groups is 1. The molecule has 20 heavy (non-hydrogen) atoms. The van der Waals surface area contributed by atoms with Crippen LogP contribution in [-0.2, 0) is 6.54 Å². The number of nitrogens with zero attached hydrogens (tertiary/aromatic N) is 2. The van der Waals surface area contributed by atoms with Gasteiger partial charge < -0.3 is 5.73 Å². The number of rotatable bonds is 4. The van der Waals surface area contributed by atoms with Gasteiger partial charge in [-0.15, -0.1) is 0 Å². The predicted molar refractivity (Wildman–Crippen MR) is 80.6 cm³/mol. The van der Waals surface area contributed by atoms with Crippen LogP contribution in [0.1, 0.15) is 43.2 Å². The molecule has 1 aliphatic rings. The standard InChI is InChI=1S/C15H23N3O2/c1-11-8-9-14(18(19)20)15(16)13(11)10-17(2)12-6-4-3-5-7-12/h8-9,12H,3-7,10,16H2,1-2H3. The Morgan fingerprint density at radius 2 is 2.00 bits per heavy atom. The summed E-state index contributed by atoms with van der Waals surface area (Å²) in [4.78, 5) is 12.9. The Morgan fingerprint density at radius 3 is 2.60 bits per heavy atom. The molecule has 0 radical (unpaired) electrons. The first-order chi connectivity index (χ1) is 9.50. The molecule has 1 saturated carbocycles. The summed E-state index contributed by atoms with van der Waals surface area (Å²) in [7, 11) is 2.09. The monoisotopic (exact) mass is 277 g/mol. The van der Waals surface area contributed by atoms with Gasteiger partial charge in [-0.3, -0.25) is 15.0 Å². The lowest BCUT2D eigenvalue weighted by Gasteiger charge is -2.31. The van der Waals surface area contributed by atoms with Gasteiger partial charge in [0, 0.05) is 18.7 Å². The molecular formula is C15H23N3O2. The minimum atomic E-state index is -0.404. The Morgan fingerprint density at radius 1 is 1.35 bits per heavy atom. The van der Waals surface area contributed by atoms with Gasteiger partial charge in [-0.05, 0) is 37.9 Å². The average molecular weight is 277 g/mol. The van der Waals surface area contributed by atoms with E-state index in [-0.39, 0.29) is 5.69 Å². The molecule has 5 heteroatoms. The van der Waals surface area contributed by atoms with Crippen molar-refractivity contribution in [3.05, 3.63) is 33.4 Å². The fourth-order valence-corrected chi connectivity index (χ4v) is 3.03. The Kier molecular flexibility index (Phi) is 4.60. The maximum Gasteiger partial charge on any atom is 0.292 e. The van der Waals surface area contributed by atoms with Crippen LogP contribution < -0.4 is 5.73 Å². The molecule has 0 bridgehead atoms. The zero-order chi connectivity index (χ0) is 14.7. The number of nitrogens with two attached hydrogens (primary N) is 1. The number of nitro benzene ring substituents is 1. The fourth-order valence-electron chi connectivity index (χ4n) is 3.03. The van der Waals surface area contributed by atoms with Gasteiger partial charge in [0.25, 0.3) is 5.69 Å². The summed E-state index contributed by atoms with van der Waals surface area (Å²) in [6.45, 7) is 2.65. The van der Waals surface area contributed by atoms with Crippen LogP contribution in [0.15, 0.2) is 12.1 Å². The molecule has 1 aliphatic carbocycles. The van der Waals surface area contributed by atoms with Crippen LogP contribution in [0.25, 0.3) is 0 Å². The molecule has 2 rings (SSSR count). The van der Waals surface area contributed by atoms with Crippen LogP contribution in [0.2, 0.25) is 0 Å². The summed E-state index contributed by atoms with van der Waals surface area (Å²) in [6, 6.07) is 3.86. The van der Waals surface area contributed by atoms with Gasteiger partial charge >= 0.3 is 0 Å². The first kappa shape index (κ1) is 14.8. The average Bonchev–Trinajstić information content (AvgIpc) is 2.43. The summed E-state index contributed by atoms with van der Waals surface area (Å²) < 4.78 is 0. The fraction of sp³-hybridized carbons (Fsp3) is 0.600. The zero-order valence-corrected chi connectivity index (χ0v) is 12.3. The second-order valence-corrected chi connectivity index (χ2v) is 5.76. The van der Waals surface area contributed by atoms with E-state index in [9.17, 15) is 10.1 Å². The van der Waals surface area contributed by atoms with E-state index >= 15 is 0 Å². The first-order valence-corrected chi connectivity index (χ1v) is 7.23. The molecule has 0 amide bonds. The van der Waals surface area contributed by atoms with Crippen molar-refractivity contribution in [1.82, 2.24) is 4.90 Å². The first-order valence-electron chi connectivity index (χ1n) is 7.23. The third kappa shape index (κ3) is 3.10. The maximum atomic E-state index is 11.0. The van der Waals surface area contributed by atoms with Gasteiger partial charge in [0.2, 0.25) is 0 Å². The molecule has 5 nitrogen and oxygen atoms in total. The van der Waals surface area contributed by atoms with Gasteiger partial charge in [0.05, 0.1) is 4.92 Å². The summed E-state index contributed by atoms with van der Waals surface area (Å²) in [5.41, 5.74) is 8.25. The van der Waals surface area contributed by atoms with Crippen molar-refractivity contribution in [2.45, 2.75) is 51.6 Å². The van der Waals surface area contributed by atoms with Crippen LogP contribution in [0.5, 0.6) is 0 Å². The van der Waals surface area contributed by atoms with Crippen molar-refractivity contribution in [3.63, 3.8) is 0 Å². The van der Waals surface area contributed by atoms with Crippen LogP contribution in [0.3, 0.4) is 0 Å². The third-order valence-electron chi connectivity index (χ3n) is 4.37. The molecule has 0 saturated heterocycles. The molecule has 0 aliphatic heterocycles. The largest absolute Gasteiger partial charge is 0.393 e. The second-order valence-electron chi connectivity index (χ2n) is 5.76. The van der Waals surface area contributed by atoms with E-state index in [0.717, 1.165) is 11.1 Å². The number of benzene rings is 1. The Balaban J connectivity index is 2.19. The van der Waals surface area contributed by atoms with Crippen molar-refractivity contribution in [3.8, 4) is 0 Å². The Hall–Kier alpha value is -1.62. The molecule has 1 aromatic carbocycles. The van der Waals surface area contributed by atoms with E-state index in [1.165, 1.54) is 38.2 Å². The predicted octanol–water partition coefficient (Wildman–Crippen LogP) is 3.25. The van der Waals surface area contributed by atoms with Gasteiger partial charge in [-0.1, -0.05) is 25.3 Å². The van der Waals surface area contributed by atoms with Gasteiger partial charge in [-0.2, -0.15) is 0 Å². The van der Waals surface area contributed by atoms with Gasteiger partial charge in [0.1, 0.15) is 5.69 Å². The van der Waals surface area contributed by atoms with Crippen molar-refractivity contribution in [2.24, 2.45) is 0 Å². The Labute approximate surface area is 119 Å². The highest BCUT2D eigenvalue weighted by molar-refractivity contribution is 5.65. The Bertz CT molecular complexity index is 496. The number of anilines is 1. The van der Waals surface area contributed by atoms with Crippen molar-refractivity contribution in [2.75, 3.05) is 12.8 Å². The minimum absolute atomic E-state index is 0.0163. The molecule has 2 N–H and O–H groups in total. The SMILES string of the molecule is Cc1ccc([N+](=O)[O-])c(N)c1CN(C)C1CCCCC1. The van der Waals surface area contributed by atoms with Crippen LogP contribution in [0.4, 0.5) is 11.4 Å². The third-order valence-corrected chi connectivity index (χ3v) is 4.37. The van der Waals surface area contributed by atoms with Gasteiger partial charge in [0.15, 0.2) is 0 Å². The quantitative estimate of drug-likeness (QED) is 0.521. The second kappa shape index (κ2) is 6.22. The molecule has 0 heterocycles. The number of hydrogen-bond acceptors (Lipinski definition) is 4. The highest BCUT2D eigenvalue weighted by Gasteiger charge is 2.22. The molecule has 1 fully saturated rings. The highest BCUT2D eigenvalue weighted by Crippen LogP contribution is 2.30. The van der Waals surface area contributed by atoms with Crippen molar-refractivity contribution >= 4 is 11.4 Å². The smallest absolute Gasteiger partial charge is 0.292 e. The topological polar surface area (TPSA) is 72.4 Å². The molecule has 110 valence electrons. The minimum Gasteiger partial charge on any atom is -0.393 e. The van der Waals surface area contributed by atoms with Crippen LogP contribution >= 0.6 is 0 Å². The molecule has 0 atom stereocenters. The summed E-state index contributed by atoms with van der Waals surface area (Å²) in [5.74, 6) is 0. The lowest BCUT2D eigenvalue weighted by atomic mass is 9.94. The lowest BCUT2D eigenvalue weighted by molar-refractivity contribution is -0.384. The van der Waals surface area contributed by atoms with Gasteiger partial charge in [-0.25, -0.2) is 0 Å². The molecule has 0 unspecified atom stereocenters. The number of hydrogen-bond donors (Lipinski definition) is 1. The van der Waals surface area contributed by atoms with Crippen molar-refractivity contribution < 1.29 is 4.92 Å². The van der Waals surface area contributed by atoms with E-state index in [2.05, 4.69) is 11.9 Å². The van der Waals surface area contributed by atoms with Crippen LogP contribution in [-0.4, -0.2) is 22.9 Å². The summed E-state index contributed by atoms with van der Waals surface area (Å²) in [6.07, 6.45) is 6.30. The van der Waals surface area contributed by atoms with Crippen molar-refractivity contribution in [1.29, 1.82) is 0 Å².